The van der Waals surface area contributed by atoms with Crippen LogP contribution >= 0.6 is 0 Å². The predicted octanol–water partition coefficient (Wildman–Crippen LogP) is 19.3. The van der Waals surface area contributed by atoms with Gasteiger partial charge in [-0.05, 0) is 214 Å². The first-order valence-electron chi connectivity index (χ1n) is 32.1. The molecule has 0 spiro atoms. The first-order valence-corrected chi connectivity index (χ1v) is 35.0. The summed E-state index contributed by atoms with van der Waals surface area (Å²) in [4.78, 5) is 11.6. The number of hydrogen-bond acceptors (Lipinski definition) is 10. The second kappa shape index (κ2) is 26.7. The van der Waals surface area contributed by atoms with Crippen LogP contribution in [0.5, 0.6) is 0 Å². The molecule has 0 radical (unpaired) electrons. The molecule has 0 saturated carbocycles. The van der Waals surface area contributed by atoms with E-state index in [0.29, 0.717) is 39.2 Å². The van der Waals surface area contributed by atoms with Crippen LogP contribution in [0.2, 0.25) is 0 Å². The Morgan fingerprint density at radius 3 is 1.25 bits per heavy atom. The summed E-state index contributed by atoms with van der Waals surface area (Å²) in [5, 5.41) is 1.87. The van der Waals surface area contributed by atoms with Crippen molar-refractivity contribution in [2.75, 3.05) is 0 Å². The molecule has 1 fully saturated rings. The van der Waals surface area contributed by atoms with E-state index < -0.39 is 84.4 Å². The predicted molar refractivity (Wildman–Crippen MR) is 383 cm³/mol. The van der Waals surface area contributed by atoms with Crippen molar-refractivity contribution >= 4 is 65.3 Å². The van der Waals surface area contributed by atoms with Crippen molar-refractivity contribution in [2.24, 2.45) is 0 Å². The van der Waals surface area contributed by atoms with E-state index in [1.165, 1.54) is 73.0 Å². The molecule has 0 atom stereocenters. The highest BCUT2D eigenvalue weighted by molar-refractivity contribution is 7.90. The van der Waals surface area contributed by atoms with Crippen molar-refractivity contribution in [3.63, 3.8) is 0 Å². The fourth-order valence-corrected chi connectivity index (χ4v) is 15.6. The van der Waals surface area contributed by atoms with Crippen LogP contribution in [-0.2, 0) is 29.4 Å². The molecule has 10 aromatic carbocycles. The van der Waals surface area contributed by atoms with Gasteiger partial charge in [0, 0.05) is 32.8 Å². The SMILES string of the molecule is CC1(C)OB(c2ccc3c(c2)cc(-c2c(F)cccc2F)n3S(=O)(=O)c2ccccc2)OC1(C)C.Cc1ccc(-c2ncco2)cc1-c1ccc2[nH]c(-c3c(F)cccc3F)cc2c1.Cc1ccc(-c2ncco2)cc1-c1ccc2c(c1)cc(-c1c(F)cccc1F)n2S(=O)(=O)c1ccccc1. The molecule has 1 N–H and O–H groups in total. The van der Waals surface area contributed by atoms with E-state index in [2.05, 4.69) is 15.0 Å². The van der Waals surface area contributed by atoms with Gasteiger partial charge < -0.3 is 23.1 Å². The van der Waals surface area contributed by atoms with E-state index in [4.69, 9.17) is 18.1 Å². The summed E-state index contributed by atoms with van der Waals surface area (Å²) in [5.74, 6) is -3.57. The molecule has 5 aromatic heterocycles. The summed E-state index contributed by atoms with van der Waals surface area (Å²) in [6, 6.07) is 59.2. The summed E-state index contributed by atoms with van der Waals surface area (Å²) in [5.41, 5.74) is 7.79. The zero-order valence-electron chi connectivity index (χ0n) is 55.4. The van der Waals surface area contributed by atoms with Gasteiger partial charge in [-0.1, -0.05) is 91.0 Å². The second-order valence-corrected chi connectivity index (χ2v) is 29.0. The number of halogens is 6. The lowest BCUT2D eigenvalue weighted by Gasteiger charge is -2.32. The van der Waals surface area contributed by atoms with Crippen LogP contribution in [0, 0.1) is 48.8 Å². The van der Waals surface area contributed by atoms with Gasteiger partial charge in [0.2, 0.25) is 11.8 Å². The third kappa shape index (κ3) is 12.6. The van der Waals surface area contributed by atoms with Crippen LogP contribution in [-0.4, -0.2) is 58.1 Å². The first kappa shape index (κ1) is 67.9. The van der Waals surface area contributed by atoms with E-state index in [1.807, 2.05) is 102 Å². The normalized spacial score (nSPS) is 13.5. The Morgan fingerprint density at radius 2 is 0.814 bits per heavy atom. The van der Waals surface area contributed by atoms with Crippen molar-refractivity contribution in [3.05, 3.63) is 295 Å². The average Bonchev–Trinajstić information content (AvgIpc) is 1.58. The lowest BCUT2D eigenvalue weighted by Crippen LogP contribution is -2.41. The third-order valence-electron chi connectivity index (χ3n) is 18.4. The Balaban J connectivity index is 0.000000131. The summed E-state index contributed by atoms with van der Waals surface area (Å²) in [7, 11) is -9.05. The zero-order chi connectivity index (χ0) is 71.6. The maximum atomic E-state index is 14.9. The Labute approximate surface area is 583 Å². The van der Waals surface area contributed by atoms with Gasteiger partial charge in [-0.2, -0.15) is 0 Å². The largest absolute Gasteiger partial charge is 0.494 e. The van der Waals surface area contributed by atoms with Gasteiger partial charge in [0.1, 0.15) is 47.4 Å². The van der Waals surface area contributed by atoms with E-state index in [-0.39, 0.29) is 32.3 Å². The van der Waals surface area contributed by atoms with Crippen molar-refractivity contribution in [1.82, 2.24) is 22.9 Å². The van der Waals surface area contributed by atoms with Gasteiger partial charge in [0.25, 0.3) is 20.0 Å². The quantitative estimate of drug-likeness (QED) is 0.0919. The molecule has 22 heteroatoms. The summed E-state index contributed by atoms with van der Waals surface area (Å²) >= 11 is 0. The highest BCUT2D eigenvalue weighted by Crippen LogP contribution is 2.42. The summed E-state index contributed by atoms with van der Waals surface area (Å²) < 4.78 is 168. The molecule has 1 saturated heterocycles. The average molecular weight is 1410 g/mol. The first-order chi connectivity index (χ1) is 48.9. The van der Waals surface area contributed by atoms with Gasteiger partial charge in [-0.15, -0.1) is 0 Å². The topological polar surface area (TPSA) is 164 Å². The van der Waals surface area contributed by atoms with Crippen LogP contribution < -0.4 is 5.46 Å². The smallest absolute Gasteiger partial charge is 0.445 e. The highest BCUT2D eigenvalue weighted by atomic mass is 32.2. The molecule has 0 unspecified atom stereocenters. The number of aromatic nitrogens is 5. The number of rotatable bonds is 12. The molecular formula is C80H60BF6N5O8S2. The number of H-pyrrole nitrogens is 1. The minimum atomic E-state index is -4.19. The molecule has 1 aliphatic rings. The van der Waals surface area contributed by atoms with E-state index in [0.717, 1.165) is 87.6 Å². The number of hydrogen-bond donors (Lipinski definition) is 1. The van der Waals surface area contributed by atoms with Crippen LogP contribution in [0.4, 0.5) is 26.3 Å². The number of nitrogens with zero attached hydrogens (tertiary/aromatic N) is 4. The summed E-state index contributed by atoms with van der Waals surface area (Å²) in [6.07, 6.45) is 6.23. The van der Waals surface area contributed by atoms with Crippen molar-refractivity contribution in [2.45, 2.75) is 62.5 Å². The second-order valence-electron chi connectivity index (χ2n) is 25.4. The molecule has 0 aliphatic carbocycles. The van der Waals surface area contributed by atoms with Crippen LogP contribution in [0.1, 0.15) is 38.8 Å². The maximum absolute atomic E-state index is 14.9. The van der Waals surface area contributed by atoms with Gasteiger partial charge >= 0.3 is 7.12 Å². The molecule has 1 aliphatic heterocycles. The van der Waals surface area contributed by atoms with E-state index >= 15 is 0 Å². The number of aromatic amines is 1. The minimum Gasteiger partial charge on any atom is -0.445 e. The minimum absolute atomic E-state index is 0.00512. The Morgan fingerprint density at radius 1 is 0.412 bits per heavy atom. The maximum Gasteiger partial charge on any atom is 0.494 e. The molecule has 16 rings (SSSR count). The van der Waals surface area contributed by atoms with E-state index in [1.54, 1.807) is 91.5 Å². The number of oxazole rings is 2. The number of fused-ring (bicyclic) bond motifs is 3. The molecule has 13 nitrogen and oxygen atoms in total. The number of aryl methyl sites for hydroxylation is 2. The Kier molecular flexibility index (Phi) is 17.7. The van der Waals surface area contributed by atoms with Gasteiger partial charge in [-0.3, -0.25) is 0 Å². The standard InChI is InChI=1S/C30H20F2N2O3S.C26H24BF2NO4S.C24H16F2N2O/c1-19-10-11-21(30-33-14-15-37-30)17-24(19)20-12-13-27-22(16-20)18-28(29-25(31)8-5-9-26(29)32)34(27)38(35,36)23-6-3-2-4-7-23;1-25(2)26(3,4)34-27(33-25)18-13-14-22-17(15-18)16-23(24-20(28)11-8-12-21(24)29)30(22)35(31,32)19-9-6-5-7-10-19;1-14-5-6-16(24-27-9-10-29-24)12-18(14)15-7-8-21-17(11-15)13-22(28-21)23-19(25)3-2-4-20(23)26/h2-18H,1H3;5-16H,1-4H3;2-13,28H,1H3. The molecule has 6 heterocycles. The number of nitrogens with one attached hydrogen (secondary N) is 1. The molecule has 102 heavy (non-hydrogen) atoms. The fraction of sp³-hybridized carbons (Fsp3) is 0.100. The molecule has 0 bridgehead atoms. The lowest BCUT2D eigenvalue weighted by atomic mass is 9.78. The van der Waals surface area contributed by atoms with Crippen LogP contribution in [0.25, 0.3) is 112 Å². The van der Waals surface area contributed by atoms with Crippen molar-refractivity contribution < 1.29 is 61.3 Å². The Hall–Kier alpha value is -11.3. The third-order valence-corrected chi connectivity index (χ3v) is 21.9. The van der Waals surface area contributed by atoms with Crippen molar-refractivity contribution in [3.8, 4) is 78.9 Å². The highest BCUT2D eigenvalue weighted by Gasteiger charge is 2.52. The van der Waals surface area contributed by atoms with Gasteiger partial charge in [0.05, 0.1) is 78.2 Å². The van der Waals surface area contributed by atoms with E-state index in [9.17, 15) is 43.2 Å². The summed E-state index contributed by atoms with van der Waals surface area (Å²) in [6.45, 7) is 11.8. The molecule has 15 aromatic rings. The van der Waals surface area contributed by atoms with Crippen LogP contribution in [0.3, 0.4) is 0 Å². The van der Waals surface area contributed by atoms with Gasteiger partial charge in [-0.25, -0.2) is 61.1 Å². The monoisotopic (exact) mass is 1410 g/mol. The number of benzene rings is 10. The fourth-order valence-electron chi connectivity index (χ4n) is 12.5. The van der Waals surface area contributed by atoms with Gasteiger partial charge in [0.15, 0.2) is 0 Å². The van der Waals surface area contributed by atoms with Crippen LogP contribution in [0.15, 0.2) is 268 Å². The van der Waals surface area contributed by atoms with Crippen molar-refractivity contribution in [1.29, 1.82) is 0 Å². The molecule has 510 valence electrons. The molecule has 0 amide bonds. The molecular weight excluding hydrogens is 1350 g/mol. The Bertz CT molecular complexity index is 5870. The zero-order valence-corrected chi connectivity index (χ0v) is 57.0. The lowest BCUT2D eigenvalue weighted by molar-refractivity contribution is 0.00578.